The molecule has 1 rings (SSSR count). The summed E-state index contributed by atoms with van der Waals surface area (Å²) in [5.74, 6) is -0.266. The number of aliphatic hydroxyl groups excluding tert-OH is 1. The summed E-state index contributed by atoms with van der Waals surface area (Å²) in [5, 5.41) is 9.08. The summed E-state index contributed by atoms with van der Waals surface area (Å²) in [7, 11) is 3.71. The van der Waals surface area contributed by atoms with Crippen LogP contribution in [0.2, 0.25) is 0 Å². The molecule has 0 aromatic heterocycles. The Labute approximate surface area is 77.6 Å². The van der Waals surface area contributed by atoms with E-state index < -0.39 is 0 Å². The molecule has 0 saturated carbocycles. The van der Waals surface area contributed by atoms with Crippen LogP contribution >= 0.6 is 0 Å². The van der Waals surface area contributed by atoms with Crippen molar-refractivity contribution < 1.29 is 9.50 Å². The van der Waals surface area contributed by atoms with Gasteiger partial charge in [0.2, 0.25) is 0 Å². The molecule has 0 amide bonds. The van der Waals surface area contributed by atoms with Gasteiger partial charge in [0.1, 0.15) is 5.82 Å². The first kappa shape index (κ1) is 10.2. The van der Waals surface area contributed by atoms with Crippen molar-refractivity contribution in [2.24, 2.45) is 0 Å². The second kappa shape index (κ2) is 4.35. The SMILES string of the molecule is CN(C)C(CO)c1cccc(F)c1. The van der Waals surface area contributed by atoms with Crippen molar-refractivity contribution in [3.8, 4) is 0 Å². The van der Waals surface area contributed by atoms with E-state index in [9.17, 15) is 4.39 Å². The van der Waals surface area contributed by atoms with Gasteiger partial charge in [0.25, 0.3) is 0 Å². The number of hydrogen-bond acceptors (Lipinski definition) is 2. The molecule has 0 aliphatic carbocycles. The Balaban J connectivity index is 2.91. The maximum atomic E-state index is 12.8. The highest BCUT2D eigenvalue weighted by Gasteiger charge is 2.12. The zero-order valence-electron chi connectivity index (χ0n) is 7.87. The van der Waals surface area contributed by atoms with E-state index >= 15 is 0 Å². The second-order valence-electron chi connectivity index (χ2n) is 3.22. The smallest absolute Gasteiger partial charge is 0.123 e. The molecule has 0 heterocycles. The Hall–Kier alpha value is -0.930. The van der Waals surface area contributed by atoms with E-state index in [1.165, 1.54) is 12.1 Å². The van der Waals surface area contributed by atoms with Gasteiger partial charge in [-0.1, -0.05) is 12.1 Å². The van der Waals surface area contributed by atoms with E-state index in [1.54, 1.807) is 6.07 Å². The Morgan fingerprint density at radius 2 is 2.15 bits per heavy atom. The summed E-state index contributed by atoms with van der Waals surface area (Å²) in [6.07, 6.45) is 0. The molecule has 0 bridgehead atoms. The predicted molar refractivity (Wildman–Crippen MR) is 49.9 cm³/mol. The molecule has 72 valence electrons. The minimum Gasteiger partial charge on any atom is -0.394 e. The number of nitrogens with zero attached hydrogens (tertiary/aromatic N) is 1. The number of rotatable bonds is 3. The molecule has 2 nitrogen and oxygen atoms in total. The number of benzene rings is 1. The van der Waals surface area contributed by atoms with Crippen LogP contribution in [0.3, 0.4) is 0 Å². The van der Waals surface area contributed by atoms with Crippen LogP contribution in [0.15, 0.2) is 24.3 Å². The van der Waals surface area contributed by atoms with Crippen LogP contribution in [0.25, 0.3) is 0 Å². The molecular weight excluding hydrogens is 169 g/mol. The van der Waals surface area contributed by atoms with Gasteiger partial charge in [-0.05, 0) is 31.8 Å². The van der Waals surface area contributed by atoms with Crippen molar-refractivity contribution in [2.45, 2.75) is 6.04 Å². The van der Waals surface area contributed by atoms with Crippen LogP contribution in [0.1, 0.15) is 11.6 Å². The average molecular weight is 183 g/mol. The molecule has 0 radical (unpaired) electrons. The first-order chi connectivity index (χ1) is 6.15. The van der Waals surface area contributed by atoms with Crippen LogP contribution in [0.5, 0.6) is 0 Å². The number of halogens is 1. The molecule has 1 atom stereocenters. The lowest BCUT2D eigenvalue weighted by atomic mass is 10.1. The third-order valence-electron chi connectivity index (χ3n) is 2.03. The fourth-order valence-electron chi connectivity index (χ4n) is 1.28. The normalized spacial score (nSPS) is 13.3. The van der Waals surface area contributed by atoms with Crippen LogP contribution in [0.4, 0.5) is 4.39 Å². The van der Waals surface area contributed by atoms with E-state index in [0.717, 1.165) is 5.56 Å². The molecule has 1 N–H and O–H groups in total. The molecule has 1 unspecified atom stereocenters. The Morgan fingerprint density at radius 1 is 1.46 bits per heavy atom. The molecule has 3 heteroatoms. The lowest BCUT2D eigenvalue weighted by molar-refractivity contribution is 0.170. The zero-order valence-corrected chi connectivity index (χ0v) is 7.87. The first-order valence-electron chi connectivity index (χ1n) is 4.18. The minimum atomic E-state index is -0.266. The fourth-order valence-corrected chi connectivity index (χ4v) is 1.28. The lowest BCUT2D eigenvalue weighted by Gasteiger charge is -2.22. The standard InChI is InChI=1S/C10H14FNO/c1-12(2)10(7-13)8-4-3-5-9(11)6-8/h3-6,10,13H,7H2,1-2H3. The molecular formula is C10H14FNO. The van der Waals surface area contributed by atoms with Crippen molar-refractivity contribution in [3.05, 3.63) is 35.6 Å². The molecule has 1 aromatic carbocycles. The predicted octanol–water partition coefficient (Wildman–Crippen LogP) is 1.42. The number of hydrogen-bond donors (Lipinski definition) is 1. The van der Waals surface area contributed by atoms with Gasteiger partial charge in [0, 0.05) is 0 Å². The van der Waals surface area contributed by atoms with Gasteiger partial charge in [0.05, 0.1) is 12.6 Å². The first-order valence-corrected chi connectivity index (χ1v) is 4.18. The summed E-state index contributed by atoms with van der Waals surface area (Å²) < 4.78 is 12.8. The summed E-state index contributed by atoms with van der Waals surface area (Å²) in [6, 6.07) is 6.17. The van der Waals surface area contributed by atoms with Crippen molar-refractivity contribution in [2.75, 3.05) is 20.7 Å². The maximum Gasteiger partial charge on any atom is 0.123 e. The second-order valence-corrected chi connectivity index (χ2v) is 3.22. The van der Waals surface area contributed by atoms with Gasteiger partial charge >= 0.3 is 0 Å². The van der Waals surface area contributed by atoms with Crippen LogP contribution < -0.4 is 0 Å². The monoisotopic (exact) mass is 183 g/mol. The van der Waals surface area contributed by atoms with Gasteiger partial charge in [0.15, 0.2) is 0 Å². The van der Waals surface area contributed by atoms with Gasteiger partial charge in [-0.25, -0.2) is 4.39 Å². The quantitative estimate of drug-likeness (QED) is 0.766. The summed E-state index contributed by atoms with van der Waals surface area (Å²) in [4.78, 5) is 1.86. The average Bonchev–Trinajstić information content (AvgIpc) is 2.04. The molecule has 1 aromatic rings. The van der Waals surface area contributed by atoms with E-state index in [0.29, 0.717) is 0 Å². The van der Waals surface area contributed by atoms with Crippen LogP contribution in [-0.4, -0.2) is 30.7 Å². The molecule has 0 aliphatic rings. The van der Waals surface area contributed by atoms with E-state index in [4.69, 9.17) is 5.11 Å². The van der Waals surface area contributed by atoms with Crippen molar-refractivity contribution >= 4 is 0 Å². The molecule has 0 saturated heterocycles. The number of aliphatic hydroxyl groups is 1. The maximum absolute atomic E-state index is 12.8. The number of likely N-dealkylation sites (N-methyl/N-ethyl adjacent to an activating group) is 1. The van der Waals surface area contributed by atoms with Crippen molar-refractivity contribution in [1.82, 2.24) is 4.90 Å². The Bertz CT molecular complexity index is 275. The van der Waals surface area contributed by atoms with Gasteiger partial charge in [-0.2, -0.15) is 0 Å². The zero-order chi connectivity index (χ0) is 9.84. The molecule has 0 fully saturated rings. The van der Waals surface area contributed by atoms with Gasteiger partial charge < -0.3 is 10.0 Å². The van der Waals surface area contributed by atoms with Gasteiger partial charge in [-0.15, -0.1) is 0 Å². The third kappa shape index (κ3) is 2.50. The summed E-state index contributed by atoms with van der Waals surface area (Å²) in [6.45, 7) is -0.00352. The third-order valence-corrected chi connectivity index (χ3v) is 2.03. The molecule has 0 spiro atoms. The van der Waals surface area contributed by atoms with Crippen LogP contribution in [-0.2, 0) is 0 Å². The van der Waals surface area contributed by atoms with Gasteiger partial charge in [-0.3, -0.25) is 0 Å². The highest BCUT2D eigenvalue weighted by molar-refractivity contribution is 5.20. The Kier molecular flexibility index (Phi) is 3.39. The summed E-state index contributed by atoms with van der Waals surface area (Å²) in [5.41, 5.74) is 0.799. The molecule has 13 heavy (non-hydrogen) atoms. The van der Waals surface area contributed by atoms with Crippen molar-refractivity contribution in [1.29, 1.82) is 0 Å². The molecule has 0 aliphatic heterocycles. The highest BCUT2D eigenvalue weighted by atomic mass is 19.1. The van der Waals surface area contributed by atoms with Crippen LogP contribution in [0, 0.1) is 5.82 Å². The minimum absolute atomic E-state index is 0.00352. The topological polar surface area (TPSA) is 23.5 Å². The Morgan fingerprint density at radius 3 is 2.62 bits per heavy atom. The largest absolute Gasteiger partial charge is 0.394 e. The van der Waals surface area contributed by atoms with E-state index in [2.05, 4.69) is 0 Å². The van der Waals surface area contributed by atoms with E-state index in [1.807, 2.05) is 25.1 Å². The fraction of sp³-hybridized carbons (Fsp3) is 0.400. The highest BCUT2D eigenvalue weighted by Crippen LogP contribution is 2.17. The summed E-state index contributed by atoms with van der Waals surface area (Å²) >= 11 is 0. The van der Waals surface area contributed by atoms with Crippen molar-refractivity contribution in [3.63, 3.8) is 0 Å². The lowest BCUT2D eigenvalue weighted by Crippen LogP contribution is -2.23. The van der Waals surface area contributed by atoms with E-state index in [-0.39, 0.29) is 18.5 Å².